The molecule has 2 aliphatic carbocycles. The summed E-state index contributed by atoms with van der Waals surface area (Å²) in [4.78, 5) is 10.6. The minimum Gasteiger partial charge on any atom is -0.481 e. The second kappa shape index (κ2) is 9.70. The fourth-order valence-electron chi connectivity index (χ4n) is 4.89. The summed E-state index contributed by atoms with van der Waals surface area (Å²) in [7, 11) is 0. The van der Waals surface area contributed by atoms with Crippen LogP contribution in [0.4, 0.5) is 0 Å². The predicted molar refractivity (Wildman–Crippen MR) is 104 cm³/mol. The fourth-order valence-corrected chi connectivity index (χ4v) is 4.89. The first-order chi connectivity index (χ1) is 12.4. The summed E-state index contributed by atoms with van der Waals surface area (Å²) >= 11 is 0. The van der Waals surface area contributed by atoms with Crippen molar-refractivity contribution in [2.24, 2.45) is 17.3 Å². The van der Waals surface area contributed by atoms with Crippen LogP contribution in [-0.2, 0) is 4.79 Å². The number of hydrogen-bond donors (Lipinski definition) is 3. The molecule has 5 unspecified atom stereocenters. The number of hydrogen-bond acceptors (Lipinski definition) is 3. The van der Waals surface area contributed by atoms with Gasteiger partial charge in [0, 0.05) is 12.3 Å². The van der Waals surface area contributed by atoms with E-state index in [1.165, 1.54) is 5.57 Å². The molecule has 2 rings (SSSR count). The zero-order valence-corrected chi connectivity index (χ0v) is 16.4. The van der Waals surface area contributed by atoms with Crippen LogP contribution >= 0.6 is 0 Å². The fraction of sp³-hybridized carbons (Fsp3) is 0.773. The van der Waals surface area contributed by atoms with Crippen LogP contribution in [0.1, 0.15) is 78.1 Å². The van der Waals surface area contributed by atoms with Crippen LogP contribution in [0, 0.1) is 17.3 Å². The molecule has 5 atom stereocenters. The van der Waals surface area contributed by atoms with Gasteiger partial charge < -0.3 is 15.3 Å². The standard InChI is InChI=1S/C22H36O4/c1-3-4-5-9-17(23)11-12-18-19-13-16(8-6-7-10-21(25)26)14-22(19,2)15-20(18)24/h8,11-12,17-20,23-24H,3-7,9-10,13-15H2,1-2H3,(H,25,26)/b12-11+,16-8+. The van der Waals surface area contributed by atoms with Gasteiger partial charge in [0.2, 0.25) is 0 Å². The van der Waals surface area contributed by atoms with E-state index < -0.39 is 12.1 Å². The van der Waals surface area contributed by atoms with E-state index in [9.17, 15) is 15.0 Å². The molecule has 0 saturated heterocycles. The lowest BCUT2D eigenvalue weighted by Crippen LogP contribution is -2.19. The highest BCUT2D eigenvalue weighted by Crippen LogP contribution is 2.58. The number of allylic oxidation sites excluding steroid dienone is 2. The van der Waals surface area contributed by atoms with Crippen LogP contribution in [0.3, 0.4) is 0 Å². The molecule has 2 fully saturated rings. The van der Waals surface area contributed by atoms with E-state index in [4.69, 9.17) is 5.11 Å². The van der Waals surface area contributed by atoms with Crippen molar-refractivity contribution in [1.82, 2.24) is 0 Å². The maximum absolute atomic E-state index is 10.6. The first-order valence-corrected chi connectivity index (χ1v) is 10.3. The smallest absolute Gasteiger partial charge is 0.303 e. The third-order valence-electron chi connectivity index (χ3n) is 6.28. The Labute approximate surface area is 158 Å². The molecule has 0 bridgehead atoms. The molecule has 2 aliphatic rings. The van der Waals surface area contributed by atoms with Crippen molar-refractivity contribution in [3.05, 3.63) is 23.8 Å². The predicted octanol–water partition coefficient (Wildman–Crippen LogP) is 4.46. The summed E-state index contributed by atoms with van der Waals surface area (Å²) in [6, 6.07) is 0. The number of rotatable bonds is 10. The molecular weight excluding hydrogens is 328 g/mol. The third kappa shape index (κ3) is 5.68. The maximum atomic E-state index is 10.6. The van der Waals surface area contributed by atoms with Gasteiger partial charge in [0.15, 0.2) is 0 Å². The lowest BCUT2D eigenvalue weighted by Gasteiger charge is -2.24. The van der Waals surface area contributed by atoms with Crippen molar-refractivity contribution in [2.45, 2.75) is 90.3 Å². The van der Waals surface area contributed by atoms with E-state index >= 15 is 0 Å². The number of fused-ring (bicyclic) bond motifs is 1. The average Bonchev–Trinajstić information content (AvgIpc) is 2.99. The van der Waals surface area contributed by atoms with Gasteiger partial charge in [-0.05, 0) is 49.9 Å². The molecule has 0 amide bonds. The quantitative estimate of drug-likeness (QED) is 0.395. The maximum Gasteiger partial charge on any atom is 0.303 e. The van der Waals surface area contributed by atoms with Crippen molar-refractivity contribution in [3.63, 3.8) is 0 Å². The van der Waals surface area contributed by atoms with Gasteiger partial charge in [-0.2, -0.15) is 0 Å². The lowest BCUT2D eigenvalue weighted by atomic mass is 9.80. The van der Waals surface area contributed by atoms with Gasteiger partial charge >= 0.3 is 5.97 Å². The van der Waals surface area contributed by atoms with E-state index in [2.05, 4.69) is 26.0 Å². The average molecular weight is 365 g/mol. The summed E-state index contributed by atoms with van der Waals surface area (Å²) < 4.78 is 0. The molecular formula is C22H36O4. The number of aliphatic hydroxyl groups is 2. The zero-order chi connectivity index (χ0) is 19.2. The zero-order valence-electron chi connectivity index (χ0n) is 16.4. The Bertz CT molecular complexity index is 524. The molecule has 3 N–H and O–H groups in total. The van der Waals surface area contributed by atoms with Gasteiger partial charge in [-0.3, -0.25) is 4.79 Å². The molecule has 0 aromatic rings. The van der Waals surface area contributed by atoms with Crippen molar-refractivity contribution >= 4 is 5.97 Å². The number of aliphatic hydroxyl groups excluding tert-OH is 2. The molecule has 0 aromatic carbocycles. The number of unbranched alkanes of at least 4 members (excludes halogenated alkanes) is 3. The van der Waals surface area contributed by atoms with Crippen LogP contribution in [0.15, 0.2) is 23.8 Å². The van der Waals surface area contributed by atoms with Crippen LogP contribution < -0.4 is 0 Å². The topological polar surface area (TPSA) is 77.8 Å². The summed E-state index contributed by atoms with van der Waals surface area (Å²) in [6.07, 6.45) is 14.1. The van der Waals surface area contributed by atoms with Crippen LogP contribution in [-0.4, -0.2) is 33.5 Å². The number of aliphatic carboxylic acids is 1. The van der Waals surface area contributed by atoms with Crippen molar-refractivity contribution in [3.8, 4) is 0 Å². The van der Waals surface area contributed by atoms with E-state index in [1.54, 1.807) is 0 Å². The molecule has 0 aliphatic heterocycles. The number of carboxylic acid groups (broad SMARTS) is 1. The summed E-state index contributed by atoms with van der Waals surface area (Å²) in [5.74, 6) is -0.197. The second-order valence-corrected chi connectivity index (χ2v) is 8.59. The van der Waals surface area contributed by atoms with Gasteiger partial charge in [0.05, 0.1) is 12.2 Å². The SMILES string of the molecule is CCCCCC(O)/C=C/C1C(O)CC2(C)C/C(=C/CCCC(=O)O)CC12. The highest BCUT2D eigenvalue weighted by Gasteiger charge is 2.52. The molecule has 0 radical (unpaired) electrons. The highest BCUT2D eigenvalue weighted by molar-refractivity contribution is 5.66. The Balaban J connectivity index is 1.91. The van der Waals surface area contributed by atoms with Crippen molar-refractivity contribution in [1.29, 1.82) is 0 Å². The van der Waals surface area contributed by atoms with Crippen LogP contribution in [0.25, 0.3) is 0 Å². The number of carbonyl (C=O) groups is 1. The first kappa shape index (κ1) is 21.2. The van der Waals surface area contributed by atoms with Crippen LogP contribution in [0.5, 0.6) is 0 Å². The molecule has 0 heterocycles. The lowest BCUT2D eigenvalue weighted by molar-refractivity contribution is -0.137. The molecule has 148 valence electrons. The van der Waals surface area contributed by atoms with E-state index in [-0.39, 0.29) is 23.9 Å². The second-order valence-electron chi connectivity index (χ2n) is 8.59. The summed E-state index contributed by atoms with van der Waals surface area (Å²) in [5.41, 5.74) is 1.54. The molecule has 4 nitrogen and oxygen atoms in total. The van der Waals surface area contributed by atoms with Crippen molar-refractivity contribution in [2.75, 3.05) is 0 Å². The Morgan fingerprint density at radius 2 is 2.12 bits per heavy atom. The monoisotopic (exact) mass is 364 g/mol. The molecule has 0 aromatic heterocycles. The van der Waals surface area contributed by atoms with E-state index in [0.29, 0.717) is 12.3 Å². The first-order valence-electron chi connectivity index (χ1n) is 10.3. The molecule has 4 heteroatoms. The van der Waals surface area contributed by atoms with Crippen LogP contribution in [0.2, 0.25) is 0 Å². The normalized spacial score (nSPS) is 33.8. The minimum absolute atomic E-state index is 0.116. The summed E-state index contributed by atoms with van der Waals surface area (Å²) in [6.45, 7) is 4.43. The van der Waals surface area contributed by atoms with Gasteiger partial charge in [-0.1, -0.05) is 56.9 Å². The molecule has 2 saturated carbocycles. The van der Waals surface area contributed by atoms with Gasteiger partial charge in [0.1, 0.15) is 0 Å². The molecule has 0 spiro atoms. The Kier molecular flexibility index (Phi) is 7.90. The Hall–Kier alpha value is -1.13. The van der Waals surface area contributed by atoms with Gasteiger partial charge in [-0.15, -0.1) is 0 Å². The van der Waals surface area contributed by atoms with Crippen molar-refractivity contribution < 1.29 is 20.1 Å². The highest BCUT2D eigenvalue weighted by atomic mass is 16.4. The van der Waals surface area contributed by atoms with Gasteiger partial charge in [-0.25, -0.2) is 0 Å². The van der Waals surface area contributed by atoms with Gasteiger partial charge in [0.25, 0.3) is 0 Å². The largest absolute Gasteiger partial charge is 0.481 e. The summed E-state index contributed by atoms with van der Waals surface area (Å²) in [5, 5.41) is 29.4. The molecule has 26 heavy (non-hydrogen) atoms. The minimum atomic E-state index is -0.732. The Morgan fingerprint density at radius 3 is 2.81 bits per heavy atom. The number of carboxylic acids is 1. The van der Waals surface area contributed by atoms with E-state index in [1.807, 2.05) is 6.08 Å². The third-order valence-corrected chi connectivity index (χ3v) is 6.28. The Morgan fingerprint density at radius 1 is 1.35 bits per heavy atom. The van der Waals surface area contributed by atoms with E-state index in [0.717, 1.165) is 51.4 Å².